The fourth-order valence-electron chi connectivity index (χ4n) is 11.2. The van der Waals surface area contributed by atoms with Crippen molar-refractivity contribution in [2.24, 2.45) is 0 Å². The van der Waals surface area contributed by atoms with Gasteiger partial charge in [-0.05, 0) is 104 Å². The second kappa shape index (κ2) is 16.2. The predicted octanol–water partition coefficient (Wildman–Crippen LogP) is 9.37. The van der Waals surface area contributed by atoms with Crippen LogP contribution in [0.2, 0.25) is 0 Å². The summed E-state index contributed by atoms with van der Waals surface area (Å²) in [5.74, 6) is 4.05. The van der Waals surface area contributed by atoms with Crippen LogP contribution in [-0.2, 0) is 0 Å². The zero-order valence-corrected chi connectivity index (χ0v) is 39.6. The molecule has 0 amide bonds. The number of aromatic nitrogens is 2. The highest BCUT2D eigenvalue weighted by Crippen LogP contribution is 2.42. The molecule has 0 spiro atoms. The van der Waals surface area contributed by atoms with E-state index in [1.54, 1.807) is 0 Å². The van der Waals surface area contributed by atoms with Gasteiger partial charge in [0, 0.05) is 16.7 Å². The molecule has 9 aromatic carbocycles. The van der Waals surface area contributed by atoms with E-state index in [9.17, 15) is 0 Å². The number of rotatable bonds is 7. The Morgan fingerprint density at radius 2 is 0.687 bits per heavy atom. The first-order valence-electron chi connectivity index (χ1n) is 23.0. The zero-order chi connectivity index (χ0) is 45.1. The van der Waals surface area contributed by atoms with Gasteiger partial charge in [-0.1, -0.05) is 200 Å². The Bertz CT molecular complexity index is 3200. The minimum Gasteiger partial charge on any atom is -0.457 e. The van der Waals surface area contributed by atoms with E-state index >= 15 is 0 Å². The third-order valence-corrected chi connectivity index (χ3v) is 23.5. The monoisotopic (exact) mass is 894 g/mol. The molecule has 10 aromatic rings. The van der Waals surface area contributed by atoms with E-state index in [2.05, 4.69) is 245 Å². The van der Waals surface area contributed by atoms with Gasteiger partial charge in [-0.25, -0.2) is 9.97 Å². The van der Waals surface area contributed by atoms with Crippen LogP contribution in [0.3, 0.4) is 0 Å². The summed E-state index contributed by atoms with van der Waals surface area (Å²) in [5, 5.41) is 10.0. The van der Waals surface area contributed by atoms with Crippen LogP contribution in [0.4, 0.5) is 0 Å². The van der Waals surface area contributed by atoms with Crippen LogP contribution in [0.15, 0.2) is 224 Å². The molecule has 0 saturated carbocycles. The quantitative estimate of drug-likeness (QED) is 0.150. The maximum atomic E-state index is 7.23. The van der Waals surface area contributed by atoms with Crippen LogP contribution in [0.5, 0.6) is 23.0 Å². The van der Waals surface area contributed by atoms with Gasteiger partial charge >= 0.3 is 0 Å². The molecule has 2 aliphatic rings. The molecule has 2 aliphatic heterocycles. The molecule has 67 heavy (non-hydrogen) atoms. The minimum atomic E-state index is -2.94. The average Bonchev–Trinajstić information content (AvgIpc) is 3.37. The third kappa shape index (κ3) is 6.32. The van der Waals surface area contributed by atoms with E-state index in [0.717, 1.165) is 62.2 Å². The smallest absolute Gasteiger partial charge is 0.188 e. The topological polar surface area (TPSA) is 44.2 Å². The molecular formula is C61H46N2O2Si2. The second-order valence-corrected chi connectivity index (χ2v) is 25.2. The molecule has 3 heterocycles. The van der Waals surface area contributed by atoms with E-state index in [4.69, 9.17) is 19.4 Å². The Balaban J connectivity index is 1.15. The van der Waals surface area contributed by atoms with E-state index in [1.165, 1.54) is 47.1 Å². The number of ether oxygens (including phenoxy) is 2. The minimum absolute atomic E-state index is 0.661. The van der Waals surface area contributed by atoms with Crippen LogP contribution in [-0.4, -0.2) is 26.1 Å². The van der Waals surface area contributed by atoms with E-state index in [-0.39, 0.29) is 0 Å². The molecule has 4 nitrogen and oxygen atoms in total. The Morgan fingerprint density at radius 3 is 1.07 bits per heavy atom. The summed E-state index contributed by atoms with van der Waals surface area (Å²) in [5.41, 5.74) is 7.87. The lowest BCUT2D eigenvalue weighted by atomic mass is 9.98. The van der Waals surface area contributed by atoms with Crippen LogP contribution in [0.1, 0.15) is 16.7 Å². The summed E-state index contributed by atoms with van der Waals surface area (Å²) in [6.07, 6.45) is 0. The number of hydrogen-bond donors (Lipinski definition) is 0. The van der Waals surface area contributed by atoms with E-state index in [0.29, 0.717) is 5.82 Å². The molecule has 1 aromatic heterocycles. The number of para-hydroxylation sites is 4. The zero-order valence-electron chi connectivity index (χ0n) is 37.6. The number of nitrogens with zero attached hydrogens (tertiary/aromatic N) is 2. The van der Waals surface area contributed by atoms with Gasteiger partial charge in [0.1, 0.15) is 23.0 Å². The van der Waals surface area contributed by atoms with Crippen molar-refractivity contribution in [3.63, 3.8) is 0 Å². The molecule has 0 saturated heterocycles. The molecule has 12 rings (SSSR count). The van der Waals surface area contributed by atoms with Crippen LogP contribution in [0, 0.1) is 20.8 Å². The van der Waals surface area contributed by atoms with Gasteiger partial charge in [-0.3, -0.25) is 0 Å². The predicted molar refractivity (Wildman–Crippen MR) is 280 cm³/mol. The normalized spacial score (nSPS) is 13.8. The Hall–Kier alpha value is -7.91. The van der Waals surface area contributed by atoms with Crippen molar-refractivity contribution in [1.29, 1.82) is 0 Å². The average molecular weight is 895 g/mol. The molecule has 6 heteroatoms. The first kappa shape index (κ1) is 40.6. The summed E-state index contributed by atoms with van der Waals surface area (Å²) in [7, 11) is -5.87. The number of hydrogen-bond acceptors (Lipinski definition) is 4. The van der Waals surface area contributed by atoms with E-state index in [1.807, 2.05) is 0 Å². The van der Waals surface area contributed by atoms with E-state index < -0.39 is 16.1 Å². The number of benzene rings is 9. The van der Waals surface area contributed by atoms with Crippen molar-refractivity contribution < 1.29 is 9.47 Å². The SMILES string of the molecule is Cc1cc(C)c(-c2nc(-c3cccc4c3Oc3ccccc3[Si]4(c3ccccc3)c3ccccc3)cc(-c3cccc4c3Oc3ccccc3[Si]4(c3ccccc3)c3ccccc3)n2)c(C)c1. The fourth-order valence-corrected chi connectivity index (χ4v) is 21.2. The lowest BCUT2D eigenvalue weighted by Gasteiger charge is -2.40. The molecule has 0 N–H and O–H groups in total. The first-order valence-corrected chi connectivity index (χ1v) is 27.0. The molecule has 320 valence electrons. The van der Waals surface area contributed by atoms with Crippen LogP contribution < -0.4 is 51.0 Å². The lowest BCUT2D eigenvalue weighted by molar-refractivity contribution is 0.488. The highest BCUT2D eigenvalue weighted by Gasteiger charge is 2.50. The molecule has 0 bridgehead atoms. The van der Waals surface area contributed by atoms with Crippen LogP contribution in [0.25, 0.3) is 33.9 Å². The lowest BCUT2D eigenvalue weighted by Crippen LogP contribution is -2.76. The molecule has 0 fully saturated rings. The Labute approximate surface area is 393 Å². The van der Waals surface area contributed by atoms with Crippen molar-refractivity contribution in [2.45, 2.75) is 20.8 Å². The third-order valence-electron chi connectivity index (χ3n) is 13.9. The molecule has 0 aliphatic carbocycles. The van der Waals surface area contributed by atoms with Gasteiger partial charge in [0.2, 0.25) is 0 Å². The summed E-state index contributed by atoms with van der Waals surface area (Å²) >= 11 is 0. The first-order chi connectivity index (χ1) is 33.0. The maximum Gasteiger partial charge on any atom is 0.188 e. The molecule has 0 atom stereocenters. The highest BCUT2D eigenvalue weighted by atomic mass is 28.3. The van der Waals surface area contributed by atoms with Gasteiger partial charge in [0.25, 0.3) is 0 Å². The van der Waals surface area contributed by atoms with Gasteiger partial charge in [0.15, 0.2) is 22.0 Å². The fraction of sp³-hybridized carbons (Fsp3) is 0.0492. The largest absolute Gasteiger partial charge is 0.457 e. The number of fused-ring (bicyclic) bond motifs is 4. The Morgan fingerprint density at radius 1 is 0.343 bits per heavy atom. The highest BCUT2D eigenvalue weighted by molar-refractivity contribution is 7.21. The second-order valence-electron chi connectivity index (χ2n) is 17.8. The van der Waals surface area contributed by atoms with Gasteiger partial charge < -0.3 is 9.47 Å². The van der Waals surface area contributed by atoms with Gasteiger partial charge in [-0.15, -0.1) is 0 Å². The molecule has 0 radical (unpaired) electrons. The van der Waals surface area contributed by atoms with Crippen molar-refractivity contribution in [2.75, 3.05) is 0 Å². The summed E-state index contributed by atoms with van der Waals surface area (Å²) in [6, 6.07) is 81.3. The van der Waals surface area contributed by atoms with Crippen molar-refractivity contribution >= 4 is 57.6 Å². The Kier molecular flexibility index (Phi) is 9.82. The van der Waals surface area contributed by atoms with Gasteiger partial charge in [0.05, 0.1) is 11.4 Å². The standard InChI is InChI=1S/C61H46N2O2Si2/c1-41-38-42(2)58(43(3)39-41)61-62-50(48-30-20-36-56-59(48)64-52-32-16-18-34-54(52)66(56,44-22-8-4-9-23-44)45-24-10-5-11-25-45)40-51(63-61)49-31-21-37-57-60(49)65-53-33-17-19-35-55(53)67(57,46-26-12-6-13-27-46)47-28-14-7-15-29-47/h4-40H,1-3H3. The summed E-state index contributed by atoms with van der Waals surface area (Å²) in [6.45, 7) is 6.48. The van der Waals surface area contributed by atoms with Crippen molar-refractivity contribution in [3.05, 3.63) is 241 Å². The van der Waals surface area contributed by atoms with Crippen molar-refractivity contribution in [1.82, 2.24) is 9.97 Å². The van der Waals surface area contributed by atoms with Gasteiger partial charge in [-0.2, -0.15) is 0 Å². The van der Waals surface area contributed by atoms with Crippen molar-refractivity contribution in [3.8, 4) is 56.9 Å². The molecular weight excluding hydrogens is 849 g/mol. The number of aryl methyl sites for hydroxylation is 3. The molecule has 0 unspecified atom stereocenters. The maximum absolute atomic E-state index is 7.23. The van der Waals surface area contributed by atoms with Crippen LogP contribution >= 0.6 is 0 Å². The summed E-state index contributed by atoms with van der Waals surface area (Å²) < 4.78 is 14.5. The summed E-state index contributed by atoms with van der Waals surface area (Å²) in [4.78, 5) is 11.1.